The van der Waals surface area contributed by atoms with Gasteiger partial charge in [0.15, 0.2) is 0 Å². The van der Waals surface area contributed by atoms with Gasteiger partial charge in [-0.15, -0.1) is 0 Å². The number of halogens is 12. The van der Waals surface area contributed by atoms with Gasteiger partial charge in [0.1, 0.15) is 0 Å². The van der Waals surface area contributed by atoms with Crippen molar-refractivity contribution in [2.24, 2.45) is 0 Å². The van der Waals surface area contributed by atoms with Crippen LogP contribution in [0.15, 0.2) is 12.4 Å². The minimum absolute atomic E-state index is 0.0598. The fraction of sp³-hybridized carbons (Fsp3) is 0.727. The first kappa shape index (κ1) is 25.0. The fourth-order valence-electron chi connectivity index (χ4n) is 1.84. The summed E-state index contributed by atoms with van der Waals surface area (Å²) in [7, 11) is 0. The molecule has 0 aliphatic carbocycles. The Balaban J connectivity index is 3.39. The van der Waals surface area contributed by atoms with Gasteiger partial charge in [-0.25, -0.2) is 0 Å². The molecule has 17 heteroatoms. The van der Waals surface area contributed by atoms with Crippen LogP contribution in [0.4, 0.5) is 52.7 Å². The van der Waals surface area contributed by atoms with Crippen molar-refractivity contribution in [2.75, 3.05) is 0 Å². The number of nitrogens with zero attached hydrogens (tertiary/aromatic N) is 2. The molecule has 0 radical (unpaired) electrons. The zero-order valence-corrected chi connectivity index (χ0v) is 15.0. The number of hydrogen-bond donors (Lipinski definition) is 2. The summed E-state index contributed by atoms with van der Waals surface area (Å²) in [5.41, 5.74) is -10.7. The van der Waals surface area contributed by atoms with Crippen molar-refractivity contribution in [1.82, 2.24) is 9.13 Å². The molecule has 0 saturated carbocycles. The molecule has 0 atom stereocenters. The Bertz CT molecular complexity index is 665. The Morgan fingerprint density at radius 2 is 0.821 bits per heavy atom. The van der Waals surface area contributed by atoms with E-state index >= 15 is 0 Å². The zero-order chi connectivity index (χ0) is 22.6. The van der Waals surface area contributed by atoms with Gasteiger partial charge in [0.25, 0.3) is 0 Å². The van der Waals surface area contributed by atoms with E-state index in [4.69, 9.17) is 10.2 Å². The monoisotopic (exact) mass is 623 g/mol. The third-order valence-electron chi connectivity index (χ3n) is 3.54. The Hall–Kier alpha value is -1.02. The van der Waals surface area contributed by atoms with E-state index in [2.05, 4.69) is 0 Å². The summed E-state index contributed by atoms with van der Waals surface area (Å²) in [6, 6.07) is 0. The molecule has 0 spiro atoms. The second-order valence-corrected chi connectivity index (χ2v) is 6.52. The molecule has 0 aromatic carbocycles. The summed E-state index contributed by atoms with van der Waals surface area (Å²) in [4.78, 5) is 0. The molecular weight excluding hydrogens is 615 g/mol. The molecule has 28 heavy (non-hydrogen) atoms. The van der Waals surface area contributed by atoms with Crippen LogP contribution in [0.5, 0.6) is 0 Å². The maximum absolute atomic E-state index is 12.7. The molecule has 0 amide bonds. The predicted molar refractivity (Wildman–Crippen MR) is 59.8 cm³/mol. The molecule has 0 aliphatic rings. The number of alkyl halides is 12. The summed E-state index contributed by atoms with van der Waals surface area (Å²) in [6.07, 6.45) is -24.5. The van der Waals surface area contributed by atoms with Crippen LogP contribution in [0, 0.1) is 3.80 Å². The SMILES string of the molecule is OC(Cn1ccn(CC(O)(C(F)(F)F)C(F)(F)F)[c]1=[Pt])(C(F)(F)F)C(F)(F)F. The number of imidazole rings is 1. The zero-order valence-electron chi connectivity index (χ0n) is 12.7. The van der Waals surface area contributed by atoms with Gasteiger partial charge in [-0.3, -0.25) is 0 Å². The van der Waals surface area contributed by atoms with E-state index in [1.807, 2.05) is 0 Å². The number of hydrogen-bond acceptors (Lipinski definition) is 2. The van der Waals surface area contributed by atoms with Crippen LogP contribution >= 0.6 is 0 Å². The molecule has 168 valence electrons. The summed E-state index contributed by atoms with van der Waals surface area (Å²) in [5, 5.41) is 18.1. The van der Waals surface area contributed by atoms with Crippen molar-refractivity contribution in [3.63, 3.8) is 0 Å². The van der Waals surface area contributed by atoms with Crippen LogP contribution < -0.4 is 0 Å². The molecular formula is C11H8F12N2O2Pt. The predicted octanol–water partition coefficient (Wildman–Crippen LogP) is 3.08. The molecule has 1 aromatic rings. The van der Waals surface area contributed by atoms with Crippen LogP contribution in [0.25, 0.3) is 0 Å². The van der Waals surface area contributed by atoms with Crippen molar-refractivity contribution in [3.05, 3.63) is 16.2 Å². The second-order valence-electron chi connectivity index (χ2n) is 5.51. The van der Waals surface area contributed by atoms with Crippen molar-refractivity contribution < 1.29 is 82.3 Å². The van der Waals surface area contributed by atoms with Gasteiger partial charge in [0.2, 0.25) is 0 Å². The van der Waals surface area contributed by atoms with Crippen molar-refractivity contribution in [3.8, 4) is 0 Å². The molecule has 0 unspecified atom stereocenters. The molecule has 1 heterocycles. The van der Waals surface area contributed by atoms with Crippen molar-refractivity contribution in [2.45, 2.75) is 49.0 Å². The van der Waals surface area contributed by atoms with E-state index in [1.165, 1.54) is 0 Å². The number of rotatable bonds is 4. The second kappa shape index (κ2) is 7.04. The van der Waals surface area contributed by atoms with Crippen LogP contribution in [0.2, 0.25) is 0 Å². The average molecular weight is 623 g/mol. The van der Waals surface area contributed by atoms with Gasteiger partial charge < -0.3 is 0 Å². The van der Waals surface area contributed by atoms with Gasteiger partial charge in [-0.2, -0.15) is 0 Å². The summed E-state index contributed by atoms with van der Waals surface area (Å²) >= 11 is 0.844. The van der Waals surface area contributed by atoms with E-state index in [0.29, 0.717) is 0 Å². The summed E-state index contributed by atoms with van der Waals surface area (Å²) in [6.45, 7) is -4.61. The maximum atomic E-state index is 12.7. The summed E-state index contributed by atoms with van der Waals surface area (Å²) in [5.74, 6) is 0. The Labute approximate surface area is 157 Å². The third-order valence-corrected chi connectivity index (χ3v) is 4.84. The van der Waals surface area contributed by atoms with E-state index in [9.17, 15) is 52.7 Å². The van der Waals surface area contributed by atoms with Crippen LogP contribution in [0.3, 0.4) is 0 Å². The van der Waals surface area contributed by atoms with Gasteiger partial charge in [-0.05, 0) is 0 Å². The normalized spacial score (nSPS) is 15.3. The Kier molecular flexibility index (Phi) is 6.29. The van der Waals surface area contributed by atoms with Crippen molar-refractivity contribution >= 4 is 0 Å². The van der Waals surface area contributed by atoms with Gasteiger partial charge in [-0.1, -0.05) is 0 Å². The number of aromatic nitrogens is 2. The molecule has 0 bridgehead atoms. The molecule has 1 rings (SSSR count). The number of aliphatic hydroxyl groups is 2. The van der Waals surface area contributed by atoms with Crippen LogP contribution in [-0.2, 0) is 32.4 Å². The van der Waals surface area contributed by atoms with E-state index in [-0.39, 0.29) is 21.5 Å². The quantitative estimate of drug-likeness (QED) is 0.508. The molecule has 0 aliphatic heterocycles. The third kappa shape index (κ3) is 4.27. The summed E-state index contributed by atoms with van der Waals surface area (Å²) < 4.78 is 151. The van der Waals surface area contributed by atoms with E-state index in [0.717, 1.165) is 19.4 Å². The standard InChI is InChI=1S/C11H8F12N2O2.Pt/c12-8(13,14)6(26,9(15,16)17)3-24-1-2-25(5-24)4-7(27,10(18,19)20)11(21,22)23;/h1-2,26-27H,3-4H2;. The van der Waals surface area contributed by atoms with Crippen LogP contribution in [-0.4, -0.2) is 55.3 Å². The van der Waals surface area contributed by atoms with Gasteiger partial charge >= 0.3 is 157 Å². The first-order valence-electron chi connectivity index (χ1n) is 6.51. The van der Waals surface area contributed by atoms with Crippen molar-refractivity contribution in [1.29, 1.82) is 0 Å². The molecule has 0 fully saturated rings. The topological polar surface area (TPSA) is 50.3 Å². The Morgan fingerprint density at radius 1 is 0.607 bits per heavy atom. The molecule has 4 nitrogen and oxygen atoms in total. The minimum atomic E-state index is -6.26. The molecule has 0 saturated heterocycles. The van der Waals surface area contributed by atoms with E-state index in [1.54, 1.807) is 0 Å². The van der Waals surface area contributed by atoms with E-state index < -0.39 is 52.8 Å². The fourth-order valence-corrected chi connectivity index (χ4v) is 2.54. The molecule has 2 N–H and O–H groups in total. The van der Waals surface area contributed by atoms with Gasteiger partial charge in [0.05, 0.1) is 0 Å². The first-order chi connectivity index (χ1) is 12.1. The average Bonchev–Trinajstić information content (AvgIpc) is 2.75. The Morgan fingerprint density at radius 3 is 1.00 bits per heavy atom. The van der Waals surface area contributed by atoms with Gasteiger partial charge in [0, 0.05) is 0 Å². The van der Waals surface area contributed by atoms with Crippen LogP contribution in [0.1, 0.15) is 0 Å². The first-order valence-corrected chi connectivity index (χ1v) is 7.65. The molecule has 1 aromatic heterocycles.